The van der Waals surface area contributed by atoms with Crippen LogP contribution in [-0.4, -0.2) is 43.7 Å². The molecule has 0 saturated carbocycles. The first-order valence-electron chi connectivity index (χ1n) is 6.12. The van der Waals surface area contributed by atoms with E-state index in [-0.39, 0.29) is 36.8 Å². The normalized spacial score (nSPS) is 16.8. The molecule has 7 heteroatoms. The number of halogens is 2. The van der Waals surface area contributed by atoms with Gasteiger partial charge in [-0.3, -0.25) is 10.1 Å². The molecule has 1 aliphatic heterocycles. The summed E-state index contributed by atoms with van der Waals surface area (Å²) in [5, 5.41) is 6.13. The minimum absolute atomic E-state index is 0. The fourth-order valence-corrected chi connectivity index (χ4v) is 2.79. The van der Waals surface area contributed by atoms with Crippen LogP contribution in [0.5, 0.6) is 0 Å². The Morgan fingerprint density at radius 1 is 1.40 bits per heavy atom. The number of benzene rings is 1. The molecule has 0 spiro atoms. The number of likely N-dealkylation sites (N-methyl/N-ethyl adjacent to an activating group) is 1. The maximum Gasteiger partial charge on any atom is 0.238 e. The summed E-state index contributed by atoms with van der Waals surface area (Å²) in [6.45, 7) is 1.49. The van der Waals surface area contributed by atoms with Crippen molar-refractivity contribution < 1.29 is 4.79 Å². The molecule has 0 aliphatic carbocycles. The first-order chi connectivity index (χ1) is 8.77. The van der Waals surface area contributed by atoms with Gasteiger partial charge in [0.15, 0.2) is 0 Å². The highest BCUT2D eigenvalue weighted by molar-refractivity contribution is 7.99. The predicted molar refractivity (Wildman–Crippen MR) is 91.5 cm³/mol. The molecule has 2 rings (SSSR count). The molecule has 1 saturated heterocycles. The van der Waals surface area contributed by atoms with E-state index in [0.29, 0.717) is 6.54 Å². The maximum absolute atomic E-state index is 11.8. The molecule has 1 atom stereocenters. The lowest BCUT2D eigenvalue weighted by molar-refractivity contribution is -0.122. The van der Waals surface area contributed by atoms with Crippen LogP contribution in [0.3, 0.4) is 0 Å². The van der Waals surface area contributed by atoms with Crippen molar-refractivity contribution in [3.05, 3.63) is 30.3 Å². The summed E-state index contributed by atoms with van der Waals surface area (Å²) in [5.74, 6) is 1.86. The summed E-state index contributed by atoms with van der Waals surface area (Å²) < 4.78 is 0. The summed E-state index contributed by atoms with van der Waals surface area (Å²) in [7, 11) is 2.03. The third-order valence-corrected chi connectivity index (χ3v) is 3.92. The molecule has 20 heavy (non-hydrogen) atoms. The Labute approximate surface area is 136 Å². The van der Waals surface area contributed by atoms with Gasteiger partial charge in [-0.15, -0.1) is 36.6 Å². The Morgan fingerprint density at radius 2 is 2.10 bits per heavy atom. The average molecular weight is 338 g/mol. The van der Waals surface area contributed by atoms with Gasteiger partial charge in [-0.1, -0.05) is 18.2 Å². The highest BCUT2D eigenvalue weighted by atomic mass is 35.5. The van der Waals surface area contributed by atoms with Crippen molar-refractivity contribution in [1.29, 1.82) is 0 Å². The number of rotatable bonds is 5. The van der Waals surface area contributed by atoms with Crippen LogP contribution in [0.4, 0.5) is 5.69 Å². The predicted octanol–water partition coefficient (Wildman–Crippen LogP) is 1.75. The van der Waals surface area contributed by atoms with Gasteiger partial charge >= 0.3 is 0 Å². The first kappa shape index (κ1) is 19.4. The molecule has 2 N–H and O–H groups in total. The van der Waals surface area contributed by atoms with E-state index in [4.69, 9.17) is 0 Å². The molecule has 1 unspecified atom stereocenters. The summed E-state index contributed by atoms with van der Waals surface area (Å²) in [6.07, 6.45) is 0. The van der Waals surface area contributed by atoms with Gasteiger partial charge in [0.05, 0.1) is 6.04 Å². The van der Waals surface area contributed by atoms with Gasteiger partial charge in [0.25, 0.3) is 0 Å². The van der Waals surface area contributed by atoms with Crippen molar-refractivity contribution in [2.24, 2.45) is 0 Å². The number of para-hydroxylation sites is 1. The highest BCUT2D eigenvalue weighted by Crippen LogP contribution is 2.10. The largest absolute Gasteiger partial charge is 0.373 e. The Bertz CT molecular complexity index is 388. The van der Waals surface area contributed by atoms with Crippen molar-refractivity contribution in [2.45, 2.75) is 6.04 Å². The number of carbonyl (C=O) groups excluding carboxylic acids is 1. The van der Waals surface area contributed by atoms with Gasteiger partial charge in [-0.05, 0) is 12.1 Å². The van der Waals surface area contributed by atoms with E-state index in [0.717, 1.165) is 18.2 Å². The van der Waals surface area contributed by atoms with Gasteiger partial charge < -0.3 is 10.2 Å². The number of carbonyl (C=O) groups is 1. The van der Waals surface area contributed by atoms with Crippen molar-refractivity contribution in [3.63, 3.8) is 0 Å². The average Bonchev–Trinajstić information content (AvgIpc) is 2.93. The van der Waals surface area contributed by atoms with E-state index in [1.165, 1.54) is 5.69 Å². The molecule has 1 amide bonds. The molecule has 0 radical (unpaired) electrons. The zero-order chi connectivity index (χ0) is 12.8. The van der Waals surface area contributed by atoms with Crippen LogP contribution in [0.25, 0.3) is 0 Å². The van der Waals surface area contributed by atoms with Crippen LogP contribution < -0.4 is 15.5 Å². The number of nitrogens with zero attached hydrogens (tertiary/aromatic N) is 1. The number of amides is 1. The van der Waals surface area contributed by atoms with E-state index in [2.05, 4.69) is 27.7 Å². The topological polar surface area (TPSA) is 44.4 Å². The van der Waals surface area contributed by atoms with Gasteiger partial charge in [0, 0.05) is 37.5 Å². The molecule has 1 heterocycles. The molecule has 1 aromatic carbocycles. The third kappa shape index (κ3) is 5.79. The summed E-state index contributed by atoms with van der Waals surface area (Å²) >= 11 is 1.76. The molecule has 0 bridgehead atoms. The summed E-state index contributed by atoms with van der Waals surface area (Å²) in [4.78, 5) is 13.9. The van der Waals surface area contributed by atoms with E-state index in [1.54, 1.807) is 11.8 Å². The Morgan fingerprint density at radius 3 is 2.70 bits per heavy atom. The Balaban J connectivity index is 0.00000180. The lowest BCUT2D eigenvalue weighted by atomic mass is 10.3. The fourth-order valence-electron chi connectivity index (χ4n) is 1.85. The van der Waals surface area contributed by atoms with Crippen molar-refractivity contribution in [3.8, 4) is 0 Å². The van der Waals surface area contributed by atoms with Gasteiger partial charge in [0.2, 0.25) is 5.91 Å². The van der Waals surface area contributed by atoms with E-state index < -0.39 is 0 Å². The number of nitrogens with one attached hydrogen (secondary N) is 2. The second-order valence-electron chi connectivity index (χ2n) is 4.32. The molecule has 4 nitrogen and oxygen atoms in total. The molecule has 1 aliphatic rings. The molecular formula is C13H21Cl2N3OS. The van der Waals surface area contributed by atoms with Crippen molar-refractivity contribution in [2.75, 3.05) is 36.7 Å². The van der Waals surface area contributed by atoms with Crippen molar-refractivity contribution >= 4 is 48.2 Å². The smallest absolute Gasteiger partial charge is 0.238 e. The number of hydrogen-bond acceptors (Lipinski definition) is 4. The summed E-state index contributed by atoms with van der Waals surface area (Å²) in [5.41, 5.74) is 1.17. The zero-order valence-electron chi connectivity index (χ0n) is 11.4. The maximum atomic E-state index is 11.8. The molecule has 114 valence electrons. The zero-order valence-corrected chi connectivity index (χ0v) is 13.8. The SMILES string of the molecule is CN(CCNC(=O)C1CSCN1)c1ccccc1.Cl.Cl. The summed E-state index contributed by atoms with van der Waals surface area (Å²) in [6, 6.07) is 10.2. The first-order valence-corrected chi connectivity index (χ1v) is 7.28. The standard InChI is InChI=1S/C13H19N3OS.2ClH/c1-16(11-5-3-2-4-6-11)8-7-14-13(17)12-9-18-10-15-12;;/h2-6,12,15H,7-10H2,1H3,(H,14,17);2*1H. The monoisotopic (exact) mass is 337 g/mol. The minimum atomic E-state index is -0.0166. The van der Waals surface area contributed by atoms with Crippen molar-refractivity contribution in [1.82, 2.24) is 10.6 Å². The van der Waals surface area contributed by atoms with Crippen LogP contribution in [0.1, 0.15) is 0 Å². The second kappa shape index (κ2) is 10.2. The van der Waals surface area contributed by atoms with Gasteiger partial charge in [-0.2, -0.15) is 0 Å². The Kier molecular flexibility index (Phi) is 9.84. The van der Waals surface area contributed by atoms with Crippen LogP contribution >= 0.6 is 36.6 Å². The minimum Gasteiger partial charge on any atom is -0.373 e. The van der Waals surface area contributed by atoms with E-state index >= 15 is 0 Å². The fraction of sp³-hybridized carbons (Fsp3) is 0.462. The highest BCUT2D eigenvalue weighted by Gasteiger charge is 2.21. The second-order valence-corrected chi connectivity index (χ2v) is 5.35. The molecule has 0 aromatic heterocycles. The number of hydrogen-bond donors (Lipinski definition) is 2. The Hall–Kier alpha value is -0.620. The molecule has 1 fully saturated rings. The third-order valence-electron chi connectivity index (χ3n) is 2.98. The van der Waals surface area contributed by atoms with Gasteiger partial charge in [-0.25, -0.2) is 0 Å². The quantitative estimate of drug-likeness (QED) is 0.859. The van der Waals surface area contributed by atoms with Crippen LogP contribution in [0.2, 0.25) is 0 Å². The van der Waals surface area contributed by atoms with Crippen LogP contribution in [0, 0.1) is 0 Å². The van der Waals surface area contributed by atoms with Crippen LogP contribution in [0.15, 0.2) is 30.3 Å². The lowest BCUT2D eigenvalue weighted by Gasteiger charge is -2.20. The lowest BCUT2D eigenvalue weighted by Crippen LogP contribution is -2.44. The van der Waals surface area contributed by atoms with Gasteiger partial charge in [0.1, 0.15) is 0 Å². The molecular weight excluding hydrogens is 317 g/mol. The number of thioether (sulfide) groups is 1. The van der Waals surface area contributed by atoms with E-state index in [1.807, 2.05) is 25.2 Å². The van der Waals surface area contributed by atoms with Crippen LogP contribution in [-0.2, 0) is 4.79 Å². The molecule has 1 aromatic rings. The number of anilines is 1. The van der Waals surface area contributed by atoms with E-state index in [9.17, 15) is 4.79 Å².